The van der Waals surface area contributed by atoms with Crippen molar-refractivity contribution in [1.29, 1.82) is 0 Å². The molecular weight excluding hydrogens is 476 g/mol. The highest BCUT2D eigenvalue weighted by atomic mass is 19.4. The Hall–Kier alpha value is -3.01. The Kier molecular flexibility index (Phi) is 6.86. The number of allylic oxidation sites excluding steroid dienone is 1. The largest absolute Gasteiger partial charge is 0.492 e. The molecule has 2 aliphatic rings. The summed E-state index contributed by atoms with van der Waals surface area (Å²) >= 11 is 0. The molecule has 2 aromatic carbocycles. The Morgan fingerprint density at radius 2 is 1.80 bits per heavy atom. The molecular formula is C25H23F6NO3. The van der Waals surface area contributed by atoms with Crippen LogP contribution in [0.15, 0.2) is 42.0 Å². The summed E-state index contributed by atoms with van der Waals surface area (Å²) in [6.45, 7) is 4.00. The van der Waals surface area contributed by atoms with E-state index in [-0.39, 0.29) is 17.7 Å². The van der Waals surface area contributed by atoms with Gasteiger partial charge in [-0.2, -0.15) is 26.3 Å². The average molecular weight is 499 g/mol. The first-order chi connectivity index (χ1) is 16.5. The topological polar surface area (TPSA) is 38.8 Å². The van der Waals surface area contributed by atoms with Gasteiger partial charge in [0.2, 0.25) is 0 Å². The Balaban J connectivity index is 1.51. The molecule has 0 unspecified atom stereocenters. The van der Waals surface area contributed by atoms with Gasteiger partial charge in [-0.3, -0.25) is 4.90 Å². The van der Waals surface area contributed by atoms with Crippen LogP contribution in [-0.4, -0.2) is 37.4 Å². The zero-order chi connectivity index (χ0) is 25.4. The number of aldehydes is 1. The van der Waals surface area contributed by atoms with Gasteiger partial charge in [0.1, 0.15) is 24.4 Å². The van der Waals surface area contributed by atoms with E-state index in [0.29, 0.717) is 24.8 Å². The van der Waals surface area contributed by atoms with E-state index in [9.17, 15) is 31.1 Å². The number of likely N-dealkylation sites (tertiary alicyclic amines) is 1. The maximum absolute atomic E-state index is 13.4. The third-order valence-electron chi connectivity index (χ3n) is 6.28. The molecule has 1 fully saturated rings. The number of halogens is 6. The minimum Gasteiger partial charge on any atom is -0.492 e. The van der Waals surface area contributed by atoms with Gasteiger partial charge in [-0.25, -0.2) is 0 Å². The molecule has 2 aliphatic heterocycles. The molecule has 4 nitrogen and oxygen atoms in total. The fourth-order valence-corrected chi connectivity index (χ4v) is 4.28. The average Bonchev–Trinajstić information content (AvgIpc) is 2.91. The summed E-state index contributed by atoms with van der Waals surface area (Å²) in [5.41, 5.74) is -0.109. The van der Waals surface area contributed by atoms with Crippen molar-refractivity contribution in [3.63, 3.8) is 0 Å². The van der Waals surface area contributed by atoms with E-state index < -0.39 is 35.6 Å². The highest BCUT2D eigenvalue weighted by Gasteiger charge is 2.38. The summed E-state index contributed by atoms with van der Waals surface area (Å²) in [6.07, 6.45) is -8.19. The maximum Gasteiger partial charge on any atom is 0.416 e. The van der Waals surface area contributed by atoms with Crippen molar-refractivity contribution in [2.45, 2.75) is 32.3 Å². The van der Waals surface area contributed by atoms with Crippen LogP contribution in [0, 0.1) is 5.92 Å². The van der Waals surface area contributed by atoms with Crippen LogP contribution >= 0.6 is 0 Å². The monoisotopic (exact) mass is 499 g/mol. The van der Waals surface area contributed by atoms with E-state index in [2.05, 4.69) is 4.90 Å². The second kappa shape index (κ2) is 9.56. The number of ether oxygens (including phenoxy) is 2. The number of rotatable bonds is 6. The van der Waals surface area contributed by atoms with E-state index in [1.807, 2.05) is 6.92 Å². The van der Waals surface area contributed by atoms with Gasteiger partial charge in [-0.15, -0.1) is 0 Å². The second-order valence-corrected chi connectivity index (χ2v) is 8.73. The number of carbonyl (C=O) groups is 1. The summed E-state index contributed by atoms with van der Waals surface area (Å²) in [7, 11) is 0. The quantitative estimate of drug-likeness (QED) is 0.362. The van der Waals surface area contributed by atoms with E-state index in [1.165, 1.54) is 5.57 Å². The molecule has 0 amide bonds. The number of hydrogen-bond acceptors (Lipinski definition) is 4. The third kappa shape index (κ3) is 5.63. The molecule has 1 saturated heterocycles. The molecule has 188 valence electrons. The summed E-state index contributed by atoms with van der Waals surface area (Å²) in [5, 5.41) is 0. The molecule has 4 rings (SSSR count). The van der Waals surface area contributed by atoms with Crippen molar-refractivity contribution in [3.05, 3.63) is 64.2 Å². The van der Waals surface area contributed by atoms with Crippen molar-refractivity contribution in [1.82, 2.24) is 4.90 Å². The summed E-state index contributed by atoms with van der Waals surface area (Å²) in [4.78, 5) is 13.0. The first-order valence-corrected chi connectivity index (χ1v) is 11.0. The molecule has 0 aliphatic carbocycles. The van der Waals surface area contributed by atoms with E-state index in [4.69, 9.17) is 9.47 Å². The van der Waals surface area contributed by atoms with Gasteiger partial charge >= 0.3 is 12.4 Å². The molecule has 0 saturated carbocycles. The number of benzene rings is 2. The van der Waals surface area contributed by atoms with Crippen LogP contribution in [-0.2, 0) is 23.8 Å². The van der Waals surface area contributed by atoms with Gasteiger partial charge < -0.3 is 14.3 Å². The molecule has 0 aromatic heterocycles. The van der Waals surface area contributed by atoms with Crippen LogP contribution in [0.1, 0.15) is 35.6 Å². The smallest absolute Gasteiger partial charge is 0.416 e. The molecule has 2 aromatic rings. The number of alkyl halides is 6. The lowest BCUT2D eigenvalue weighted by Crippen LogP contribution is -2.48. The number of hydrogen-bond donors (Lipinski definition) is 0. The van der Waals surface area contributed by atoms with E-state index >= 15 is 0 Å². The highest BCUT2D eigenvalue weighted by molar-refractivity contribution is 5.73. The molecule has 0 radical (unpaired) electrons. The van der Waals surface area contributed by atoms with E-state index in [1.54, 1.807) is 18.2 Å². The van der Waals surface area contributed by atoms with Gasteiger partial charge in [0.05, 0.1) is 17.7 Å². The van der Waals surface area contributed by atoms with Crippen LogP contribution in [0.25, 0.3) is 5.57 Å². The molecule has 0 N–H and O–H groups in total. The van der Waals surface area contributed by atoms with Gasteiger partial charge in [0, 0.05) is 49.2 Å². The van der Waals surface area contributed by atoms with Crippen molar-refractivity contribution in [2.75, 3.05) is 26.2 Å². The summed E-state index contributed by atoms with van der Waals surface area (Å²) in [5.74, 6) is 0.838. The second-order valence-electron chi connectivity index (χ2n) is 8.73. The van der Waals surface area contributed by atoms with Crippen LogP contribution < -0.4 is 9.47 Å². The first kappa shape index (κ1) is 25.1. The molecule has 2 heterocycles. The van der Waals surface area contributed by atoms with Crippen molar-refractivity contribution >= 4 is 11.9 Å². The SMILES string of the molecule is CC1=C(CN2CC(C=O)C2)CCOc2cc(OCc3ccc(C(F)(F)F)cc3C(F)(F)F)ccc21. The lowest BCUT2D eigenvalue weighted by molar-refractivity contribution is -0.143. The van der Waals surface area contributed by atoms with Gasteiger partial charge in [0.25, 0.3) is 0 Å². The van der Waals surface area contributed by atoms with Crippen LogP contribution in [0.3, 0.4) is 0 Å². The van der Waals surface area contributed by atoms with Crippen molar-refractivity contribution < 1.29 is 40.6 Å². The Labute approximate surface area is 198 Å². The van der Waals surface area contributed by atoms with Crippen molar-refractivity contribution in [3.8, 4) is 11.5 Å². The Bertz CT molecular complexity index is 1130. The zero-order valence-corrected chi connectivity index (χ0v) is 18.8. The molecule has 10 heteroatoms. The third-order valence-corrected chi connectivity index (χ3v) is 6.28. The van der Waals surface area contributed by atoms with Gasteiger partial charge in [0.15, 0.2) is 0 Å². The standard InChI is InChI=1S/C25H23F6NO3/c1-15-17(12-32-10-16(11-32)13-33)6-7-34-23-9-20(4-5-21(15)23)35-14-18-2-3-19(24(26,27)28)8-22(18)25(29,30)31/h2-5,8-9,13,16H,6-7,10-12,14H2,1H3. The summed E-state index contributed by atoms with van der Waals surface area (Å²) < 4.78 is 90.2. The molecule has 35 heavy (non-hydrogen) atoms. The summed E-state index contributed by atoms with van der Waals surface area (Å²) in [6, 6.07) is 6.43. The van der Waals surface area contributed by atoms with Crippen molar-refractivity contribution in [2.24, 2.45) is 5.92 Å². The number of carbonyl (C=O) groups excluding carboxylic acids is 1. The zero-order valence-electron chi connectivity index (χ0n) is 18.8. The number of nitrogens with zero attached hydrogens (tertiary/aromatic N) is 1. The normalized spacial score (nSPS) is 17.3. The first-order valence-electron chi connectivity index (χ1n) is 11.0. The highest BCUT2D eigenvalue weighted by Crippen LogP contribution is 2.39. The van der Waals surface area contributed by atoms with Gasteiger partial charge in [-0.05, 0) is 42.3 Å². The Morgan fingerprint density at radius 3 is 2.46 bits per heavy atom. The van der Waals surface area contributed by atoms with Crippen LogP contribution in [0.2, 0.25) is 0 Å². The lowest BCUT2D eigenvalue weighted by Gasteiger charge is -2.37. The number of fused-ring (bicyclic) bond motifs is 1. The van der Waals surface area contributed by atoms with Crippen LogP contribution in [0.5, 0.6) is 11.5 Å². The van der Waals surface area contributed by atoms with Gasteiger partial charge in [-0.1, -0.05) is 6.07 Å². The molecule has 0 atom stereocenters. The van der Waals surface area contributed by atoms with E-state index in [0.717, 1.165) is 43.1 Å². The predicted octanol–water partition coefficient (Wildman–Crippen LogP) is 5.99. The Morgan fingerprint density at radius 1 is 1.06 bits per heavy atom. The predicted molar refractivity (Wildman–Crippen MR) is 116 cm³/mol. The molecule has 0 bridgehead atoms. The molecule has 0 spiro atoms. The fourth-order valence-electron chi connectivity index (χ4n) is 4.28. The lowest BCUT2D eigenvalue weighted by atomic mass is 9.96. The minimum atomic E-state index is -4.96. The van der Waals surface area contributed by atoms with Crippen LogP contribution in [0.4, 0.5) is 26.3 Å². The minimum absolute atomic E-state index is 0.0763. The maximum atomic E-state index is 13.4. The fraction of sp³-hybridized carbons (Fsp3) is 0.400.